The van der Waals surface area contributed by atoms with Crippen molar-refractivity contribution < 1.29 is 4.74 Å². The second-order valence-electron chi connectivity index (χ2n) is 13.2. The lowest BCUT2D eigenvalue weighted by atomic mass is 9.89. The maximum absolute atomic E-state index is 6.82. The summed E-state index contributed by atoms with van der Waals surface area (Å²) in [7, 11) is 0. The summed E-state index contributed by atoms with van der Waals surface area (Å²) in [6.45, 7) is 0. The normalized spacial score (nSPS) is 12.2. The molecule has 1 nitrogen and oxygen atoms in total. The predicted octanol–water partition coefficient (Wildman–Crippen LogP) is 13.7. The van der Waals surface area contributed by atoms with Crippen molar-refractivity contribution in [2.75, 3.05) is 0 Å². The molecule has 0 fully saturated rings. The number of rotatable bonds is 2. The van der Waals surface area contributed by atoms with Crippen LogP contribution in [0.25, 0.3) is 98.0 Å². The van der Waals surface area contributed by atoms with Crippen LogP contribution in [0.4, 0.5) is 0 Å². The first kappa shape index (κ1) is 26.6. The lowest BCUT2D eigenvalue weighted by Crippen LogP contribution is -1.99. The van der Waals surface area contributed by atoms with Crippen molar-refractivity contribution in [2.45, 2.75) is 0 Å². The Bertz CT molecular complexity index is 2990. The van der Waals surface area contributed by atoms with Gasteiger partial charge in [-0.15, -0.1) is 0 Å². The molecule has 0 atom stereocenters. The van der Waals surface area contributed by atoms with Crippen LogP contribution < -0.4 is 4.74 Å². The zero-order valence-electron chi connectivity index (χ0n) is 26.6. The smallest absolute Gasteiger partial charge is 0.143 e. The maximum atomic E-state index is 6.82. The number of ether oxygens (including phenoxy) is 1. The van der Waals surface area contributed by atoms with Gasteiger partial charge in [-0.05, 0) is 106 Å². The van der Waals surface area contributed by atoms with Crippen LogP contribution in [0.3, 0.4) is 0 Å². The molecule has 0 aromatic heterocycles. The molecule has 10 aromatic rings. The van der Waals surface area contributed by atoms with Crippen LogP contribution in [-0.4, -0.2) is 0 Å². The second-order valence-corrected chi connectivity index (χ2v) is 13.2. The van der Waals surface area contributed by atoms with Crippen LogP contribution >= 0.6 is 0 Å². The lowest BCUT2D eigenvalue weighted by Gasteiger charge is -2.24. The van der Waals surface area contributed by atoms with E-state index in [1.165, 1.54) is 81.3 Å². The maximum Gasteiger partial charge on any atom is 0.143 e. The number of hydrogen-bond donors (Lipinski definition) is 0. The van der Waals surface area contributed by atoms with E-state index in [0.29, 0.717) is 0 Å². The first-order chi connectivity index (χ1) is 24.3. The van der Waals surface area contributed by atoms with Crippen molar-refractivity contribution in [1.82, 2.24) is 0 Å². The van der Waals surface area contributed by atoms with Gasteiger partial charge in [0.25, 0.3) is 0 Å². The van der Waals surface area contributed by atoms with Crippen molar-refractivity contribution in [2.24, 2.45) is 0 Å². The molecule has 1 heteroatoms. The summed E-state index contributed by atoms with van der Waals surface area (Å²) in [5.74, 6) is 1.84. The second kappa shape index (κ2) is 10.0. The fourth-order valence-corrected chi connectivity index (χ4v) is 8.31. The Balaban J connectivity index is 1.02. The highest BCUT2D eigenvalue weighted by atomic mass is 16.5. The molecule has 1 aliphatic heterocycles. The molecule has 10 aromatic carbocycles. The Morgan fingerprint density at radius 1 is 0.286 bits per heavy atom. The fraction of sp³-hybridized carbons (Fsp3) is 0. The minimum absolute atomic E-state index is 0.921. The third-order valence-electron chi connectivity index (χ3n) is 10.6. The Morgan fingerprint density at radius 2 is 0.816 bits per heavy atom. The predicted molar refractivity (Wildman–Crippen MR) is 208 cm³/mol. The highest BCUT2D eigenvalue weighted by Crippen LogP contribution is 2.52. The number of fused-ring (bicyclic) bond motifs is 11. The summed E-state index contributed by atoms with van der Waals surface area (Å²) in [5.41, 5.74) is 7.06. The first-order valence-electron chi connectivity index (χ1n) is 16.9. The van der Waals surface area contributed by atoms with Crippen molar-refractivity contribution in [3.05, 3.63) is 170 Å². The van der Waals surface area contributed by atoms with E-state index in [9.17, 15) is 0 Å². The van der Waals surface area contributed by atoms with Crippen LogP contribution in [0, 0.1) is 0 Å². The fourth-order valence-electron chi connectivity index (χ4n) is 8.31. The van der Waals surface area contributed by atoms with Gasteiger partial charge in [-0.25, -0.2) is 0 Å². The summed E-state index contributed by atoms with van der Waals surface area (Å²) in [4.78, 5) is 0. The topological polar surface area (TPSA) is 9.23 Å². The summed E-state index contributed by atoms with van der Waals surface area (Å²) in [6.07, 6.45) is 0. The molecular formula is C48H28O. The van der Waals surface area contributed by atoms with E-state index in [1.54, 1.807) is 0 Å². The number of hydrogen-bond acceptors (Lipinski definition) is 1. The largest absolute Gasteiger partial charge is 0.455 e. The Labute approximate surface area is 283 Å². The van der Waals surface area contributed by atoms with Gasteiger partial charge in [-0.3, -0.25) is 0 Å². The van der Waals surface area contributed by atoms with Crippen molar-refractivity contribution in [3.63, 3.8) is 0 Å². The molecule has 0 unspecified atom stereocenters. The van der Waals surface area contributed by atoms with Crippen LogP contribution in [-0.2, 0) is 0 Å². The van der Waals surface area contributed by atoms with E-state index in [4.69, 9.17) is 4.74 Å². The van der Waals surface area contributed by atoms with E-state index in [2.05, 4.69) is 170 Å². The number of benzene rings is 10. The minimum atomic E-state index is 0.921. The van der Waals surface area contributed by atoms with Crippen LogP contribution in [0.1, 0.15) is 0 Å². The van der Waals surface area contributed by atoms with Gasteiger partial charge >= 0.3 is 0 Å². The van der Waals surface area contributed by atoms with Gasteiger partial charge in [0.05, 0.1) is 0 Å². The van der Waals surface area contributed by atoms with Gasteiger partial charge in [0.2, 0.25) is 0 Å². The van der Waals surface area contributed by atoms with Gasteiger partial charge in [-0.2, -0.15) is 0 Å². The Morgan fingerprint density at radius 3 is 1.59 bits per heavy atom. The first-order valence-corrected chi connectivity index (χ1v) is 16.9. The Hall–Kier alpha value is -6.44. The molecule has 1 heterocycles. The standard InChI is InChI=1S/C48H28O/c1-2-10-35-33(9-1)28-46-47-42(35)16-8-17-43(47)44-18-7-15-36(48(44)49-46)34-22-21-29-25-30(19-20-31(29)26-34)32-23-24-41-39-13-4-3-11-37(39)38-12-5-6-14-40(38)45(41)27-32/h1-28H. The quantitative estimate of drug-likeness (QED) is 0.175. The molecule has 0 aliphatic carbocycles. The molecule has 11 rings (SSSR count). The van der Waals surface area contributed by atoms with E-state index in [1.807, 2.05) is 0 Å². The molecule has 0 saturated heterocycles. The van der Waals surface area contributed by atoms with Crippen LogP contribution in [0.5, 0.6) is 11.5 Å². The molecule has 0 bridgehead atoms. The highest BCUT2D eigenvalue weighted by molar-refractivity contribution is 6.26. The molecule has 0 spiro atoms. The van der Waals surface area contributed by atoms with E-state index >= 15 is 0 Å². The summed E-state index contributed by atoms with van der Waals surface area (Å²) >= 11 is 0. The molecule has 1 aliphatic rings. The molecule has 226 valence electrons. The average Bonchev–Trinajstić information content (AvgIpc) is 3.17. The molecule has 49 heavy (non-hydrogen) atoms. The third-order valence-corrected chi connectivity index (χ3v) is 10.6. The van der Waals surface area contributed by atoms with Crippen LogP contribution in [0.15, 0.2) is 170 Å². The minimum Gasteiger partial charge on any atom is -0.455 e. The lowest BCUT2D eigenvalue weighted by molar-refractivity contribution is 0.489. The number of para-hydroxylation sites is 1. The zero-order valence-corrected chi connectivity index (χ0v) is 26.6. The van der Waals surface area contributed by atoms with E-state index in [0.717, 1.165) is 28.2 Å². The van der Waals surface area contributed by atoms with E-state index in [-0.39, 0.29) is 0 Å². The average molecular weight is 621 g/mol. The van der Waals surface area contributed by atoms with Crippen LogP contribution in [0.2, 0.25) is 0 Å². The highest BCUT2D eigenvalue weighted by Gasteiger charge is 2.24. The SMILES string of the molecule is c1cc(-c2ccc3cc(-c4ccc5c6ccccc6c6ccccc6c5c4)ccc3c2)c2c(c1)-c1cccc3c1c(cc1ccccc13)O2. The molecule has 0 saturated carbocycles. The van der Waals surface area contributed by atoms with Crippen molar-refractivity contribution >= 4 is 64.6 Å². The van der Waals surface area contributed by atoms with Gasteiger partial charge in [0.1, 0.15) is 11.5 Å². The summed E-state index contributed by atoms with van der Waals surface area (Å²) in [5, 5.41) is 15.1. The van der Waals surface area contributed by atoms with Gasteiger partial charge in [0, 0.05) is 16.5 Å². The Kier molecular flexibility index (Phi) is 5.45. The third kappa shape index (κ3) is 3.87. The van der Waals surface area contributed by atoms with Crippen molar-refractivity contribution in [1.29, 1.82) is 0 Å². The van der Waals surface area contributed by atoms with Gasteiger partial charge in [-0.1, -0.05) is 146 Å². The van der Waals surface area contributed by atoms with Gasteiger partial charge in [0.15, 0.2) is 0 Å². The molecule has 0 N–H and O–H groups in total. The summed E-state index contributed by atoms with van der Waals surface area (Å²) < 4.78 is 6.82. The van der Waals surface area contributed by atoms with E-state index < -0.39 is 0 Å². The van der Waals surface area contributed by atoms with Crippen molar-refractivity contribution in [3.8, 4) is 44.9 Å². The van der Waals surface area contributed by atoms with Gasteiger partial charge < -0.3 is 4.74 Å². The molecule has 0 amide bonds. The monoisotopic (exact) mass is 620 g/mol. The zero-order chi connectivity index (χ0) is 32.1. The molecule has 0 radical (unpaired) electrons. The summed E-state index contributed by atoms with van der Waals surface area (Å²) in [6, 6.07) is 62.0. The molecular weight excluding hydrogens is 593 g/mol.